The summed E-state index contributed by atoms with van der Waals surface area (Å²) in [6, 6.07) is 2.09. The number of rotatable bonds is 18. The van der Waals surface area contributed by atoms with E-state index >= 15 is 0 Å². The van der Waals surface area contributed by atoms with E-state index in [1.807, 2.05) is 43.7 Å². The first-order chi connectivity index (χ1) is 22.3. The van der Waals surface area contributed by atoms with Crippen molar-refractivity contribution in [1.82, 2.24) is 14.9 Å². The molecule has 3 nitrogen and oxygen atoms in total. The normalized spacial score (nSPS) is 13.4. The molecule has 2 aromatic heterocycles. The van der Waals surface area contributed by atoms with Gasteiger partial charge >= 0.3 is 0 Å². The number of likely N-dealkylation sites (N-methyl/N-ethyl adjacent to an activating group) is 1. The molecule has 0 aliphatic carbocycles. The lowest BCUT2D eigenvalue weighted by molar-refractivity contribution is 0.820. The molecule has 0 saturated heterocycles. The van der Waals surface area contributed by atoms with E-state index in [0.29, 0.717) is 0 Å². The Labute approximate surface area is 280 Å². The summed E-state index contributed by atoms with van der Waals surface area (Å²) in [5.41, 5.74) is 9.83. The van der Waals surface area contributed by atoms with Crippen LogP contribution in [0.4, 0.5) is 0 Å². The van der Waals surface area contributed by atoms with E-state index in [1.165, 1.54) is 38.9 Å². The number of pyridine rings is 1. The average Bonchev–Trinajstić information content (AvgIpc) is 3.32. The molecule has 2 rings (SSSR count). The van der Waals surface area contributed by atoms with Gasteiger partial charge in [0.25, 0.3) is 0 Å². The van der Waals surface area contributed by atoms with Gasteiger partial charge in [-0.05, 0) is 93.4 Å². The van der Waals surface area contributed by atoms with Crippen LogP contribution in [0.2, 0.25) is 0 Å². The Balaban J connectivity index is 0.00000249. The first kappa shape index (κ1) is 39.4. The van der Waals surface area contributed by atoms with Crippen molar-refractivity contribution in [2.45, 2.75) is 73.3 Å². The molecule has 0 aliphatic rings. The van der Waals surface area contributed by atoms with Crippen LogP contribution in [-0.4, -0.2) is 16.6 Å². The zero-order valence-electron chi connectivity index (χ0n) is 29.4. The molecule has 0 spiro atoms. The molecule has 0 unspecified atom stereocenters. The first-order valence-corrected chi connectivity index (χ1v) is 16.3. The van der Waals surface area contributed by atoms with Gasteiger partial charge in [0.15, 0.2) is 0 Å². The third-order valence-corrected chi connectivity index (χ3v) is 7.67. The molecule has 0 saturated carbocycles. The third-order valence-electron chi connectivity index (χ3n) is 7.67. The smallest absolute Gasteiger partial charge is 0.0674 e. The van der Waals surface area contributed by atoms with Crippen LogP contribution in [0.3, 0.4) is 0 Å². The number of hydrogen-bond donors (Lipinski definition) is 1. The summed E-state index contributed by atoms with van der Waals surface area (Å²) in [6.07, 6.45) is 39.8. The summed E-state index contributed by atoms with van der Waals surface area (Å²) in [4.78, 5) is 4.33. The van der Waals surface area contributed by atoms with Gasteiger partial charge in [-0.1, -0.05) is 118 Å². The second kappa shape index (κ2) is 23.7. The number of aryl methyl sites for hydroxylation is 1. The van der Waals surface area contributed by atoms with Gasteiger partial charge < -0.3 is 9.88 Å². The van der Waals surface area contributed by atoms with Crippen molar-refractivity contribution in [3.05, 3.63) is 175 Å². The van der Waals surface area contributed by atoms with Crippen molar-refractivity contribution in [2.75, 3.05) is 7.05 Å². The fourth-order valence-corrected chi connectivity index (χ4v) is 4.65. The summed E-state index contributed by atoms with van der Waals surface area (Å²) < 4.78 is 2.32. The lowest BCUT2D eigenvalue weighted by Gasteiger charge is -2.06. The lowest BCUT2D eigenvalue weighted by Crippen LogP contribution is -2.01. The number of nitrogens with zero attached hydrogens (tertiary/aromatic N) is 2. The predicted octanol–water partition coefficient (Wildman–Crippen LogP) is 11.9. The molecule has 0 aliphatic heterocycles. The first-order valence-electron chi connectivity index (χ1n) is 16.3. The molecule has 1 N–H and O–H groups in total. The minimum Gasteiger partial charge on any atom is -0.388 e. The minimum absolute atomic E-state index is 0.794. The highest BCUT2D eigenvalue weighted by Gasteiger charge is 2.09. The van der Waals surface area contributed by atoms with Crippen LogP contribution in [0, 0.1) is 13.8 Å². The molecule has 0 aromatic carbocycles. The monoisotopic (exact) mass is 615 g/mol. The topological polar surface area (TPSA) is 29.9 Å². The molecule has 3 heteroatoms. The Hall–Kier alpha value is -4.63. The van der Waals surface area contributed by atoms with Gasteiger partial charge in [0, 0.05) is 36.6 Å². The van der Waals surface area contributed by atoms with E-state index in [4.69, 9.17) is 0 Å². The van der Waals surface area contributed by atoms with Crippen molar-refractivity contribution in [1.29, 1.82) is 0 Å². The molecular formula is C43H57N3. The van der Waals surface area contributed by atoms with Crippen LogP contribution in [-0.2, 0) is 6.54 Å². The van der Waals surface area contributed by atoms with Crippen molar-refractivity contribution < 1.29 is 0 Å². The third kappa shape index (κ3) is 14.0. The van der Waals surface area contributed by atoms with Gasteiger partial charge in [-0.25, -0.2) is 0 Å². The standard InChI is InChI=1S/C39H49N3.C4H8/c1-9-19-36(22-18-27-42-32(7)31(6)38-25-26-41-30-39(38)42)29-34(11-3)21-17-15-14-16-20-33(10-2)28-35(12-4)23-24-37(13-5)40-8;1-3-4-2/h9-11,13,15-26,30,40H,1,3,5,12,14,27-29H2,2,4,6-8H3;3H,1,4H2,2H3/b17-15+,20-16-,22-18-,33-10+,34-21+,35-23+,36-19+,37-24+;. The molecule has 2 heterocycles. The van der Waals surface area contributed by atoms with Crippen LogP contribution in [0.1, 0.15) is 64.1 Å². The molecule has 0 atom stereocenters. The minimum atomic E-state index is 0.794. The summed E-state index contributed by atoms with van der Waals surface area (Å²) in [6.45, 7) is 26.8. The van der Waals surface area contributed by atoms with E-state index in [9.17, 15) is 0 Å². The zero-order valence-corrected chi connectivity index (χ0v) is 29.4. The molecule has 0 radical (unpaired) electrons. The Morgan fingerprint density at radius 3 is 2.24 bits per heavy atom. The lowest BCUT2D eigenvalue weighted by atomic mass is 10.0. The largest absolute Gasteiger partial charge is 0.388 e. The van der Waals surface area contributed by atoms with Gasteiger partial charge in [-0.2, -0.15) is 0 Å². The summed E-state index contributed by atoms with van der Waals surface area (Å²) in [7, 11) is 1.91. The van der Waals surface area contributed by atoms with Gasteiger partial charge in [-0.3, -0.25) is 4.98 Å². The molecule has 244 valence electrons. The Morgan fingerprint density at radius 2 is 1.63 bits per heavy atom. The van der Waals surface area contributed by atoms with Crippen LogP contribution >= 0.6 is 0 Å². The molecule has 0 amide bonds. The average molecular weight is 616 g/mol. The number of nitrogens with one attached hydrogen (secondary N) is 1. The zero-order chi connectivity index (χ0) is 34.2. The van der Waals surface area contributed by atoms with Crippen molar-refractivity contribution >= 4 is 10.9 Å². The number of fused-ring (bicyclic) bond motifs is 1. The van der Waals surface area contributed by atoms with Crippen LogP contribution in [0.5, 0.6) is 0 Å². The molecule has 2 aromatic rings. The maximum absolute atomic E-state index is 4.33. The highest BCUT2D eigenvalue weighted by atomic mass is 15.0. The maximum atomic E-state index is 4.33. The highest BCUT2D eigenvalue weighted by molar-refractivity contribution is 5.84. The summed E-state index contributed by atoms with van der Waals surface area (Å²) >= 11 is 0. The van der Waals surface area contributed by atoms with Crippen LogP contribution < -0.4 is 5.32 Å². The van der Waals surface area contributed by atoms with E-state index < -0.39 is 0 Å². The molecule has 0 fully saturated rings. The highest BCUT2D eigenvalue weighted by Crippen LogP contribution is 2.24. The van der Waals surface area contributed by atoms with Crippen molar-refractivity contribution in [2.24, 2.45) is 0 Å². The second-order valence-corrected chi connectivity index (χ2v) is 10.8. The number of hydrogen-bond acceptors (Lipinski definition) is 2. The fraction of sp³-hybridized carbons (Fsp3) is 0.279. The van der Waals surface area contributed by atoms with Gasteiger partial charge in [-0.15, -0.1) is 6.58 Å². The van der Waals surface area contributed by atoms with Gasteiger partial charge in [0.1, 0.15) is 0 Å². The van der Waals surface area contributed by atoms with Crippen LogP contribution in [0.25, 0.3) is 10.9 Å². The Morgan fingerprint density at radius 1 is 0.891 bits per heavy atom. The Bertz CT molecular complexity index is 1520. The van der Waals surface area contributed by atoms with Crippen LogP contribution in [0.15, 0.2) is 164 Å². The molecule has 46 heavy (non-hydrogen) atoms. The van der Waals surface area contributed by atoms with Crippen molar-refractivity contribution in [3.8, 4) is 0 Å². The predicted molar refractivity (Wildman–Crippen MR) is 207 cm³/mol. The molecule has 0 bridgehead atoms. The van der Waals surface area contributed by atoms with Gasteiger partial charge in [0.2, 0.25) is 0 Å². The van der Waals surface area contributed by atoms with Gasteiger partial charge in [0.05, 0.1) is 11.7 Å². The molecular weight excluding hydrogens is 558 g/mol. The number of allylic oxidation sites excluding steroid dienone is 19. The van der Waals surface area contributed by atoms with E-state index in [2.05, 4.69) is 149 Å². The Kier molecular flexibility index (Phi) is 20.3. The fourth-order valence-electron chi connectivity index (χ4n) is 4.65. The van der Waals surface area contributed by atoms with E-state index in [1.54, 1.807) is 0 Å². The number of aromatic nitrogens is 2. The summed E-state index contributed by atoms with van der Waals surface area (Å²) in [5.74, 6) is 0. The van der Waals surface area contributed by atoms with E-state index in [-0.39, 0.29) is 0 Å². The van der Waals surface area contributed by atoms with E-state index in [0.717, 1.165) is 49.9 Å². The maximum Gasteiger partial charge on any atom is 0.0674 e. The quantitative estimate of drug-likeness (QED) is 0.134. The second-order valence-electron chi connectivity index (χ2n) is 10.8. The summed E-state index contributed by atoms with van der Waals surface area (Å²) in [5, 5.41) is 4.41. The van der Waals surface area contributed by atoms with Crippen molar-refractivity contribution in [3.63, 3.8) is 0 Å². The SMILES string of the molecule is C=C/C=C(\C=C/Cn1c(C)c(C)c2ccncc21)C/C(C=C)=C/C=C/C/C=C\C(=C/C)C/C(=C/C=C(\C=C)NC)CC.C=CCC.